The molecule has 1 aromatic carbocycles. The molecule has 8 nitrogen and oxygen atoms in total. The number of ketones is 1. The number of nitro groups is 1. The van der Waals surface area contributed by atoms with Crippen molar-refractivity contribution in [3.63, 3.8) is 0 Å². The molecule has 1 amide bonds. The summed E-state index contributed by atoms with van der Waals surface area (Å²) >= 11 is 0. The fourth-order valence-electron chi connectivity index (χ4n) is 2.18. The SMILES string of the molecule is CN(CC(=O)[C@@H]1CCCN1)C(=O)Oc1ccc([N+](=O)[O-])cc1.Cl. The maximum Gasteiger partial charge on any atom is 0.415 e. The lowest BCUT2D eigenvalue weighted by atomic mass is 10.1. The molecule has 1 atom stereocenters. The summed E-state index contributed by atoms with van der Waals surface area (Å²) in [5.74, 6) is 0.134. The monoisotopic (exact) mass is 343 g/mol. The lowest BCUT2D eigenvalue weighted by Crippen LogP contribution is -2.41. The number of ether oxygens (including phenoxy) is 1. The van der Waals surface area contributed by atoms with E-state index in [2.05, 4.69) is 5.32 Å². The standard InChI is InChI=1S/C14H17N3O5.ClH/c1-16(9-13(18)12-3-2-8-15-12)14(19)22-11-6-4-10(5-7-11)17(20)21;/h4-7,12,15H,2-3,8-9H2,1H3;1H/t12-;/m0./s1. The zero-order chi connectivity index (χ0) is 16.1. The summed E-state index contributed by atoms with van der Waals surface area (Å²) in [5, 5.41) is 13.6. The first-order valence-corrected chi connectivity index (χ1v) is 6.91. The van der Waals surface area contributed by atoms with E-state index in [0.717, 1.165) is 19.4 Å². The van der Waals surface area contributed by atoms with Crippen LogP contribution in [-0.4, -0.2) is 47.9 Å². The van der Waals surface area contributed by atoms with E-state index < -0.39 is 11.0 Å². The Kier molecular flexibility index (Phi) is 6.92. The van der Waals surface area contributed by atoms with Crippen LogP contribution in [0.5, 0.6) is 5.75 Å². The Hall–Kier alpha value is -2.19. The van der Waals surface area contributed by atoms with Crippen LogP contribution in [0.15, 0.2) is 24.3 Å². The fraction of sp³-hybridized carbons (Fsp3) is 0.429. The highest BCUT2D eigenvalue weighted by Gasteiger charge is 2.24. The molecule has 1 aliphatic rings. The van der Waals surface area contributed by atoms with Gasteiger partial charge in [0.25, 0.3) is 5.69 Å². The zero-order valence-electron chi connectivity index (χ0n) is 12.6. The predicted molar refractivity (Wildman–Crippen MR) is 85.0 cm³/mol. The highest BCUT2D eigenvalue weighted by Crippen LogP contribution is 2.18. The third-order valence-corrected chi connectivity index (χ3v) is 3.41. The predicted octanol–water partition coefficient (Wildman–Crippen LogP) is 1.77. The lowest BCUT2D eigenvalue weighted by molar-refractivity contribution is -0.384. The molecule has 1 fully saturated rings. The van der Waals surface area contributed by atoms with Gasteiger partial charge in [-0.05, 0) is 31.5 Å². The molecule has 126 valence electrons. The van der Waals surface area contributed by atoms with Crippen molar-refractivity contribution in [1.82, 2.24) is 10.2 Å². The van der Waals surface area contributed by atoms with Gasteiger partial charge in [-0.3, -0.25) is 14.9 Å². The summed E-state index contributed by atoms with van der Waals surface area (Å²) < 4.78 is 5.07. The van der Waals surface area contributed by atoms with Crippen LogP contribution in [-0.2, 0) is 4.79 Å². The van der Waals surface area contributed by atoms with Crippen molar-refractivity contribution < 1.29 is 19.2 Å². The van der Waals surface area contributed by atoms with Crippen LogP contribution in [0.4, 0.5) is 10.5 Å². The molecule has 2 rings (SSSR count). The van der Waals surface area contributed by atoms with E-state index in [1.54, 1.807) is 0 Å². The van der Waals surface area contributed by atoms with Gasteiger partial charge in [0.1, 0.15) is 5.75 Å². The molecule has 0 radical (unpaired) electrons. The van der Waals surface area contributed by atoms with Gasteiger partial charge in [0.2, 0.25) is 0 Å². The number of nitro benzene ring substituents is 1. The molecule has 0 spiro atoms. The van der Waals surface area contributed by atoms with Crippen molar-refractivity contribution in [3.05, 3.63) is 34.4 Å². The van der Waals surface area contributed by atoms with E-state index in [1.165, 1.54) is 36.2 Å². The van der Waals surface area contributed by atoms with Crippen LogP contribution in [0.1, 0.15) is 12.8 Å². The van der Waals surface area contributed by atoms with Crippen molar-refractivity contribution in [2.24, 2.45) is 0 Å². The third-order valence-electron chi connectivity index (χ3n) is 3.41. The van der Waals surface area contributed by atoms with Crippen molar-refractivity contribution in [1.29, 1.82) is 0 Å². The number of likely N-dealkylation sites (N-methyl/N-ethyl adjacent to an activating group) is 1. The molecule has 0 aromatic heterocycles. The van der Waals surface area contributed by atoms with Gasteiger partial charge in [-0.1, -0.05) is 0 Å². The molecule has 9 heteroatoms. The Labute approximate surface area is 139 Å². The van der Waals surface area contributed by atoms with E-state index in [4.69, 9.17) is 4.74 Å². The smallest absolute Gasteiger partial charge is 0.410 e. The zero-order valence-corrected chi connectivity index (χ0v) is 13.4. The Morgan fingerprint density at radius 2 is 2.04 bits per heavy atom. The van der Waals surface area contributed by atoms with Crippen molar-refractivity contribution in [2.75, 3.05) is 20.1 Å². The second kappa shape index (κ2) is 8.44. The van der Waals surface area contributed by atoms with E-state index in [-0.39, 0.29) is 42.2 Å². The molecule has 1 aliphatic heterocycles. The number of carbonyl (C=O) groups is 2. The van der Waals surface area contributed by atoms with Gasteiger partial charge < -0.3 is 15.0 Å². The minimum absolute atomic E-state index is 0. The van der Waals surface area contributed by atoms with Gasteiger partial charge in [-0.25, -0.2) is 4.79 Å². The second-order valence-corrected chi connectivity index (χ2v) is 5.09. The van der Waals surface area contributed by atoms with Gasteiger partial charge in [0.15, 0.2) is 5.78 Å². The number of nitrogens with one attached hydrogen (secondary N) is 1. The Balaban J connectivity index is 0.00000264. The molecule has 0 aliphatic carbocycles. The first-order chi connectivity index (χ1) is 10.5. The van der Waals surface area contributed by atoms with E-state index in [9.17, 15) is 19.7 Å². The number of amides is 1. The number of carbonyl (C=O) groups excluding carboxylic acids is 2. The first kappa shape index (κ1) is 18.9. The highest BCUT2D eigenvalue weighted by molar-refractivity contribution is 5.88. The maximum atomic E-state index is 11.9. The number of nitrogens with zero attached hydrogens (tertiary/aromatic N) is 2. The fourth-order valence-corrected chi connectivity index (χ4v) is 2.18. The van der Waals surface area contributed by atoms with E-state index >= 15 is 0 Å². The van der Waals surface area contributed by atoms with Gasteiger partial charge >= 0.3 is 6.09 Å². The summed E-state index contributed by atoms with van der Waals surface area (Å²) in [7, 11) is 1.47. The number of hydrogen-bond donors (Lipinski definition) is 1. The van der Waals surface area contributed by atoms with Crippen LogP contribution in [0, 0.1) is 10.1 Å². The molecule has 23 heavy (non-hydrogen) atoms. The van der Waals surface area contributed by atoms with Crippen molar-refractivity contribution in [2.45, 2.75) is 18.9 Å². The summed E-state index contributed by atoms with van der Waals surface area (Å²) in [6.07, 6.45) is 1.05. The molecule has 0 bridgehead atoms. The average Bonchev–Trinajstić information content (AvgIpc) is 3.02. The van der Waals surface area contributed by atoms with Gasteiger partial charge in [-0.15, -0.1) is 12.4 Å². The van der Waals surface area contributed by atoms with E-state index in [0.29, 0.717) is 0 Å². The Bertz CT molecular complexity index is 572. The van der Waals surface area contributed by atoms with Gasteiger partial charge in [-0.2, -0.15) is 0 Å². The molecular formula is C14H18ClN3O5. The quantitative estimate of drug-likeness (QED) is 0.645. The molecule has 1 saturated heterocycles. The molecular weight excluding hydrogens is 326 g/mol. The number of benzene rings is 1. The third kappa shape index (κ3) is 5.19. The molecule has 0 unspecified atom stereocenters. The van der Waals surface area contributed by atoms with Crippen LogP contribution < -0.4 is 10.1 Å². The molecule has 0 saturated carbocycles. The van der Waals surface area contributed by atoms with Crippen LogP contribution >= 0.6 is 12.4 Å². The van der Waals surface area contributed by atoms with E-state index in [1.807, 2.05) is 0 Å². The maximum absolute atomic E-state index is 11.9. The minimum atomic E-state index is -0.680. The summed E-state index contributed by atoms with van der Waals surface area (Å²) in [6.45, 7) is 0.775. The number of hydrogen-bond acceptors (Lipinski definition) is 6. The largest absolute Gasteiger partial charge is 0.415 e. The highest BCUT2D eigenvalue weighted by atomic mass is 35.5. The number of Topliss-reactive ketones (excluding diaryl/α,β-unsaturated/α-hetero) is 1. The second-order valence-electron chi connectivity index (χ2n) is 5.09. The molecule has 1 N–H and O–H groups in total. The minimum Gasteiger partial charge on any atom is -0.410 e. The van der Waals surface area contributed by atoms with Gasteiger partial charge in [0.05, 0.1) is 17.5 Å². The van der Waals surface area contributed by atoms with Gasteiger partial charge in [0, 0.05) is 19.2 Å². The number of rotatable bonds is 5. The van der Waals surface area contributed by atoms with Crippen molar-refractivity contribution in [3.8, 4) is 5.75 Å². The summed E-state index contributed by atoms with van der Waals surface area (Å²) in [6, 6.07) is 4.97. The number of non-ortho nitro benzene ring substituents is 1. The normalized spacial score (nSPS) is 16.3. The lowest BCUT2D eigenvalue weighted by Gasteiger charge is -2.18. The Morgan fingerprint density at radius 3 is 2.57 bits per heavy atom. The molecule has 1 aromatic rings. The number of halogens is 1. The Morgan fingerprint density at radius 1 is 1.39 bits per heavy atom. The topological polar surface area (TPSA) is 102 Å². The summed E-state index contributed by atoms with van der Waals surface area (Å²) in [5.41, 5.74) is -0.0874. The van der Waals surface area contributed by atoms with Crippen LogP contribution in [0.2, 0.25) is 0 Å². The molecule has 1 heterocycles. The average molecular weight is 344 g/mol. The van der Waals surface area contributed by atoms with Crippen molar-refractivity contribution >= 4 is 30.0 Å². The van der Waals surface area contributed by atoms with Crippen LogP contribution in [0.3, 0.4) is 0 Å². The summed E-state index contributed by atoms with van der Waals surface area (Å²) in [4.78, 5) is 35.0. The van der Waals surface area contributed by atoms with Crippen LogP contribution in [0.25, 0.3) is 0 Å². The first-order valence-electron chi connectivity index (χ1n) is 6.91.